The molecule has 0 saturated carbocycles. The maximum Gasteiger partial charge on any atom is 0.141 e. The Kier molecular flexibility index (Phi) is 4.37. The highest BCUT2D eigenvalue weighted by Crippen LogP contribution is 2.31. The van der Waals surface area contributed by atoms with Crippen LogP contribution in [0.5, 0.6) is 11.5 Å². The Hall–Kier alpha value is -0.910. The molecule has 0 aliphatic carbocycles. The van der Waals surface area contributed by atoms with Crippen molar-refractivity contribution in [2.45, 2.75) is 6.54 Å². The molecule has 2 nitrogen and oxygen atoms in total. The Labute approximate surface area is 121 Å². The van der Waals surface area contributed by atoms with Crippen LogP contribution in [-0.2, 0) is 6.54 Å². The van der Waals surface area contributed by atoms with Gasteiger partial charge in [-0.05, 0) is 40.2 Å². The van der Waals surface area contributed by atoms with Crippen LogP contribution in [0.25, 0.3) is 0 Å². The fourth-order valence-electron chi connectivity index (χ4n) is 1.50. The van der Waals surface area contributed by atoms with Gasteiger partial charge in [-0.3, -0.25) is 0 Å². The maximum absolute atomic E-state index is 13.4. The molecule has 0 aliphatic heterocycles. The van der Waals surface area contributed by atoms with Crippen LogP contribution in [0.3, 0.4) is 0 Å². The molecule has 18 heavy (non-hydrogen) atoms. The minimum absolute atomic E-state index is 0.343. The van der Waals surface area contributed by atoms with Gasteiger partial charge in [-0.2, -0.15) is 0 Å². The lowest BCUT2D eigenvalue weighted by Crippen LogP contribution is -2.00. The first-order valence-corrected chi connectivity index (χ1v) is 6.81. The third-order valence-corrected chi connectivity index (χ3v) is 3.78. The van der Waals surface area contributed by atoms with Gasteiger partial charge in [0.15, 0.2) is 0 Å². The Balaban J connectivity index is 2.34. The number of ether oxygens (including phenoxy) is 1. The zero-order valence-electron chi connectivity index (χ0n) is 9.29. The Morgan fingerprint density at radius 1 is 1.11 bits per heavy atom. The molecule has 94 valence electrons. The normalized spacial score (nSPS) is 10.4. The second-order valence-electron chi connectivity index (χ2n) is 3.60. The zero-order valence-corrected chi connectivity index (χ0v) is 12.5. The predicted molar refractivity (Wildman–Crippen MR) is 76.2 cm³/mol. The quantitative estimate of drug-likeness (QED) is 0.851. The second-order valence-corrected chi connectivity index (χ2v) is 5.31. The molecular formula is C13H10Br2FNO. The molecule has 0 fully saturated rings. The molecule has 2 aromatic rings. The van der Waals surface area contributed by atoms with Crippen LogP contribution in [0.4, 0.5) is 4.39 Å². The molecular weight excluding hydrogens is 365 g/mol. The van der Waals surface area contributed by atoms with E-state index in [0.717, 1.165) is 10.0 Å². The van der Waals surface area contributed by atoms with E-state index in [-0.39, 0.29) is 5.82 Å². The van der Waals surface area contributed by atoms with Gasteiger partial charge in [-0.25, -0.2) is 4.39 Å². The van der Waals surface area contributed by atoms with Crippen molar-refractivity contribution in [1.29, 1.82) is 0 Å². The van der Waals surface area contributed by atoms with E-state index in [1.807, 2.05) is 12.1 Å². The molecule has 0 radical (unpaired) electrons. The summed E-state index contributed by atoms with van der Waals surface area (Å²) in [6.45, 7) is 0.343. The van der Waals surface area contributed by atoms with Gasteiger partial charge in [0.2, 0.25) is 0 Å². The van der Waals surface area contributed by atoms with E-state index in [1.165, 1.54) is 6.07 Å². The molecule has 2 aromatic carbocycles. The van der Waals surface area contributed by atoms with E-state index in [0.29, 0.717) is 22.5 Å². The predicted octanol–water partition coefficient (Wildman–Crippen LogP) is 4.60. The van der Waals surface area contributed by atoms with Crippen LogP contribution < -0.4 is 10.5 Å². The largest absolute Gasteiger partial charge is 0.457 e. The van der Waals surface area contributed by atoms with Crippen LogP contribution in [0.2, 0.25) is 0 Å². The summed E-state index contributed by atoms with van der Waals surface area (Å²) in [5, 5.41) is 0. The van der Waals surface area contributed by atoms with Crippen LogP contribution in [0.15, 0.2) is 45.3 Å². The number of rotatable bonds is 3. The standard InChI is InChI=1S/C13H10Br2FNO/c14-10-2-1-3-13(9(10)7-17)18-8-4-5-11(15)12(16)6-8/h1-6H,7,17H2. The van der Waals surface area contributed by atoms with E-state index >= 15 is 0 Å². The van der Waals surface area contributed by atoms with E-state index in [9.17, 15) is 4.39 Å². The van der Waals surface area contributed by atoms with E-state index < -0.39 is 0 Å². The first-order valence-electron chi connectivity index (χ1n) is 5.22. The third-order valence-electron chi connectivity index (χ3n) is 2.40. The van der Waals surface area contributed by atoms with Gasteiger partial charge in [0.05, 0.1) is 4.47 Å². The molecule has 0 heterocycles. The zero-order chi connectivity index (χ0) is 13.1. The van der Waals surface area contributed by atoms with Crippen LogP contribution in [0, 0.1) is 5.82 Å². The monoisotopic (exact) mass is 373 g/mol. The minimum Gasteiger partial charge on any atom is -0.457 e. The van der Waals surface area contributed by atoms with Gasteiger partial charge in [-0.15, -0.1) is 0 Å². The molecule has 2 rings (SSSR count). The van der Waals surface area contributed by atoms with Gasteiger partial charge in [0.1, 0.15) is 17.3 Å². The Bertz CT molecular complexity index is 575. The molecule has 0 bridgehead atoms. The highest BCUT2D eigenvalue weighted by Gasteiger charge is 2.08. The van der Waals surface area contributed by atoms with E-state index in [4.69, 9.17) is 10.5 Å². The van der Waals surface area contributed by atoms with Crippen molar-refractivity contribution in [2.24, 2.45) is 5.73 Å². The SMILES string of the molecule is NCc1c(Br)cccc1Oc1ccc(Br)c(F)c1. The average molecular weight is 375 g/mol. The highest BCUT2D eigenvalue weighted by molar-refractivity contribution is 9.10. The smallest absolute Gasteiger partial charge is 0.141 e. The summed E-state index contributed by atoms with van der Waals surface area (Å²) >= 11 is 6.50. The third kappa shape index (κ3) is 2.91. The summed E-state index contributed by atoms with van der Waals surface area (Å²) in [4.78, 5) is 0. The fourth-order valence-corrected chi connectivity index (χ4v) is 2.26. The summed E-state index contributed by atoms with van der Waals surface area (Å²) in [5.74, 6) is 0.689. The highest BCUT2D eigenvalue weighted by atomic mass is 79.9. The van der Waals surface area contributed by atoms with Crippen LogP contribution in [0.1, 0.15) is 5.56 Å². The van der Waals surface area contributed by atoms with E-state index in [2.05, 4.69) is 31.9 Å². The summed E-state index contributed by atoms with van der Waals surface area (Å²) in [7, 11) is 0. The van der Waals surface area contributed by atoms with Crippen molar-refractivity contribution < 1.29 is 9.13 Å². The lowest BCUT2D eigenvalue weighted by Gasteiger charge is -2.11. The number of hydrogen-bond donors (Lipinski definition) is 1. The second kappa shape index (κ2) is 5.82. The molecule has 0 unspecified atom stereocenters. The molecule has 0 aliphatic rings. The van der Waals surface area contributed by atoms with Gasteiger partial charge in [-0.1, -0.05) is 22.0 Å². The fraction of sp³-hybridized carbons (Fsp3) is 0.0769. The van der Waals surface area contributed by atoms with Gasteiger partial charge < -0.3 is 10.5 Å². The first kappa shape index (κ1) is 13.5. The van der Waals surface area contributed by atoms with Crippen LogP contribution in [-0.4, -0.2) is 0 Å². The van der Waals surface area contributed by atoms with E-state index in [1.54, 1.807) is 18.2 Å². The first-order chi connectivity index (χ1) is 8.61. The molecule has 0 saturated heterocycles. The maximum atomic E-state index is 13.4. The average Bonchev–Trinajstić information content (AvgIpc) is 2.34. The summed E-state index contributed by atoms with van der Waals surface area (Å²) in [6, 6.07) is 10.1. The van der Waals surface area contributed by atoms with Gasteiger partial charge in [0, 0.05) is 22.6 Å². The Morgan fingerprint density at radius 2 is 1.89 bits per heavy atom. The molecule has 2 N–H and O–H groups in total. The number of benzene rings is 2. The minimum atomic E-state index is -0.364. The Morgan fingerprint density at radius 3 is 2.56 bits per heavy atom. The summed E-state index contributed by atoms with van der Waals surface area (Å²) < 4.78 is 20.3. The van der Waals surface area contributed by atoms with Gasteiger partial charge >= 0.3 is 0 Å². The van der Waals surface area contributed by atoms with Crippen molar-refractivity contribution in [3.8, 4) is 11.5 Å². The molecule has 0 amide bonds. The lowest BCUT2D eigenvalue weighted by molar-refractivity contribution is 0.470. The topological polar surface area (TPSA) is 35.2 Å². The van der Waals surface area contributed by atoms with Crippen molar-refractivity contribution in [1.82, 2.24) is 0 Å². The number of nitrogens with two attached hydrogens (primary N) is 1. The number of halogens is 3. The summed E-state index contributed by atoms with van der Waals surface area (Å²) in [5.41, 5.74) is 6.52. The van der Waals surface area contributed by atoms with Crippen molar-refractivity contribution in [3.05, 3.63) is 56.7 Å². The van der Waals surface area contributed by atoms with Gasteiger partial charge in [0.25, 0.3) is 0 Å². The van der Waals surface area contributed by atoms with Crippen LogP contribution >= 0.6 is 31.9 Å². The molecule has 5 heteroatoms. The molecule has 0 aromatic heterocycles. The lowest BCUT2D eigenvalue weighted by atomic mass is 10.2. The molecule has 0 spiro atoms. The van der Waals surface area contributed by atoms with Crippen molar-refractivity contribution >= 4 is 31.9 Å². The summed E-state index contributed by atoms with van der Waals surface area (Å²) in [6.07, 6.45) is 0. The molecule has 0 atom stereocenters. The van der Waals surface area contributed by atoms with Crippen molar-refractivity contribution in [3.63, 3.8) is 0 Å². The number of hydrogen-bond acceptors (Lipinski definition) is 2. The van der Waals surface area contributed by atoms with Crippen molar-refractivity contribution in [2.75, 3.05) is 0 Å².